The van der Waals surface area contributed by atoms with Crippen LogP contribution in [-0.2, 0) is 23.7 Å². The van der Waals surface area contributed by atoms with Crippen LogP contribution in [0.5, 0.6) is 0 Å². The summed E-state index contributed by atoms with van der Waals surface area (Å²) in [5, 5.41) is 20.0. The van der Waals surface area contributed by atoms with E-state index in [2.05, 4.69) is 6.92 Å². The van der Waals surface area contributed by atoms with Gasteiger partial charge in [0.15, 0.2) is 12.2 Å². The highest BCUT2D eigenvalue weighted by molar-refractivity contribution is 5.69. The molecular weight excluding hydrogens is 364 g/mol. The van der Waals surface area contributed by atoms with Crippen molar-refractivity contribution in [3.63, 3.8) is 0 Å². The fourth-order valence-electron chi connectivity index (χ4n) is 3.89. The first kappa shape index (κ1) is 23.5. The smallest absolute Gasteiger partial charge is 0.306 e. The van der Waals surface area contributed by atoms with Crippen LogP contribution in [0.4, 0.5) is 0 Å². The summed E-state index contributed by atoms with van der Waals surface area (Å²) in [5.74, 6) is -1.75. The van der Waals surface area contributed by atoms with Crippen molar-refractivity contribution in [3.05, 3.63) is 0 Å². The predicted molar refractivity (Wildman–Crippen MR) is 104 cm³/mol. The molecule has 164 valence electrons. The summed E-state index contributed by atoms with van der Waals surface area (Å²) < 4.78 is 22.4. The Balaban J connectivity index is 1.68. The van der Waals surface area contributed by atoms with Gasteiger partial charge >= 0.3 is 5.97 Å². The average molecular weight is 403 g/mol. The Morgan fingerprint density at radius 2 is 1.71 bits per heavy atom. The van der Waals surface area contributed by atoms with Gasteiger partial charge in [-0.25, -0.2) is 0 Å². The molecule has 0 saturated carbocycles. The minimum atomic E-state index is -1.39. The number of aliphatic hydroxyl groups excluding tert-OH is 2. The maximum Gasteiger partial charge on any atom is 0.306 e. The number of hydrogen-bond acceptors (Lipinski definition) is 7. The number of carbonyl (C=O) groups is 1. The van der Waals surface area contributed by atoms with Crippen LogP contribution >= 0.6 is 0 Å². The van der Waals surface area contributed by atoms with E-state index < -0.39 is 30.7 Å². The van der Waals surface area contributed by atoms with Crippen LogP contribution in [-0.4, -0.2) is 66.2 Å². The summed E-state index contributed by atoms with van der Waals surface area (Å²) in [6.45, 7) is 3.95. The molecule has 0 radical (unpaired) electrons. The Morgan fingerprint density at radius 3 is 2.29 bits per heavy atom. The van der Waals surface area contributed by atoms with Gasteiger partial charge in [-0.05, 0) is 13.3 Å². The van der Waals surface area contributed by atoms with Crippen LogP contribution in [0.3, 0.4) is 0 Å². The predicted octanol–water partition coefficient (Wildman–Crippen LogP) is 2.70. The molecule has 0 aromatic heterocycles. The van der Waals surface area contributed by atoms with Crippen LogP contribution in [0.15, 0.2) is 0 Å². The summed E-state index contributed by atoms with van der Waals surface area (Å²) in [6.07, 6.45) is 7.99. The third-order valence-electron chi connectivity index (χ3n) is 5.49. The first-order chi connectivity index (χ1) is 13.5. The van der Waals surface area contributed by atoms with Gasteiger partial charge in [0.05, 0.1) is 19.3 Å². The molecule has 2 heterocycles. The van der Waals surface area contributed by atoms with E-state index in [0.717, 1.165) is 19.3 Å². The molecule has 5 atom stereocenters. The summed E-state index contributed by atoms with van der Waals surface area (Å²) in [6, 6.07) is 0. The van der Waals surface area contributed by atoms with Gasteiger partial charge in [-0.3, -0.25) is 4.79 Å². The number of aliphatic hydroxyl groups is 2. The molecule has 2 N–H and O–H groups in total. The topological polar surface area (TPSA) is 94.5 Å². The Labute approximate surface area is 168 Å². The standard InChI is InChI=1S/C21H38O7/c1-3-4-5-6-7-8-9-10-11-12-18(24)27-19-17(23)14-25-20(19)21(15-22)26-13-16(2)28-21/h16-17,19-20,22-23H,3-15H2,1-2H3/t16?,17-,19+,20-,21-/m0/s1. The highest BCUT2D eigenvalue weighted by Gasteiger charge is 2.56. The molecule has 7 nitrogen and oxygen atoms in total. The second-order valence-corrected chi connectivity index (χ2v) is 8.06. The van der Waals surface area contributed by atoms with E-state index >= 15 is 0 Å². The van der Waals surface area contributed by atoms with Crippen molar-refractivity contribution in [2.24, 2.45) is 0 Å². The quantitative estimate of drug-likeness (QED) is 0.361. The third kappa shape index (κ3) is 6.66. The Morgan fingerprint density at radius 1 is 1.07 bits per heavy atom. The molecule has 7 heteroatoms. The van der Waals surface area contributed by atoms with E-state index in [4.69, 9.17) is 18.9 Å². The molecule has 2 fully saturated rings. The highest BCUT2D eigenvalue weighted by atomic mass is 16.8. The third-order valence-corrected chi connectivity index (χ3v) is 5.49. The van der Waals surface area contributed by atoms with Crippen LogP contribution in [0.1, 0.15) is 78.1 Å². The molecule has 1 unspecified atom stereocenters. The van der Waals surface area contributed by atoms with E-state index in [0.29, 0.717) is 13.0 Å². The molecule has 0 aromatic carbocycles. The lowest BCUT2D eigenvalue weighted by Crippen LogP contribution is -2.54. The van der Waals surface area contributed by atoms with E-state index in [-0.39, 0.29) is 18.7 Å². The van der Waals surface area contributed by atoms with Gasteiger partial charge in [0.2, 0.25) is 5.79 Å². The number of ether oxygens (including phenoxy) is 4. The van der Waals surface area contributed by atoms with E-state index in [1.807, 2.05) is 6.92 Å². The minimum Gasteiger partial charge on any atom is -0.456 e. The SMILES string of the molecule is CCCCCCCCCCCC(=O)O[C@@H]1[C@@H](O)CO[C@@H]1[C@@]1(CO)OCC(C)O1. The molecule has 2 aliphatic heterocycles. The molecule has 0 spiro atoms. The van der Waals surface area contributed by atoms with Crippen LogP contribution in [0.25, 0.3) is 0 Å². The van der Waals surface area contributed by atoms with Crippen molar-refractivity contribution in [2.75, 3.05) is 19.8 Å². The van der Waals surface area contributed by atoms with Gasteiger partial charge < -0.3 is 29.2 Å². The van der Waals surface area contributed by atoms with Gasteiger partial charge in [-0.2, -0.15) is 0 Å². The van der Waals surface area contributed by atoms with E-state index in [1.165, 1.54) is 38.5 Å². The first-order valence-electron chi connectivity index (χ1n) is 10.9. The Hall–Kier alpha value is -0.730. The van der Waals surface area contributed by atoms with Gasteiger partial charge in [0.1, 0.15) is 12.7 Å². The summed E-state index contributed by atoms with van der Waals surface area (Å²) >= 11 is 0. The number of carbonyl (C=O) groups excluding carboxylic acids is 1. The first-order valence-corrected chi connectivity index (χ1v) is 10.9. The zero-order chi connectivity index (χ0) is 20.4. The van der Waals surface area contributed by atoms with Crippen molar-refractivity contribution in [3.8, 4) is 0 Å². The number of rotatable bonds is 13. The Bertz CT molecular complexity index is 458. The summed E-state index contributed by atoms with van der Waals surface area (Å²) in [7, 11) is 0. The highest BCUT2D eigenvalue weighted by Crippen LogP contribution is 2.35. The molecular formula is C21H38O7. The monoisotopic (exact) mass is 402 g/mol. The van der Waals surface area contributed by atoms with Crippen molar-refractivity contribution < 1.29 is 34.0 Å². The molecule has 0 bridgehead atoms. The van der Waals surface area contributed by atoms with Crippen molar-refractivity contribution in [1.82, 2.24) is 0 Å². The number of esters is 1. The fraction of sp³-hybridized carbons (Fsp3) is 0.952. The van der Waals surface area contributed by atoms with Crippen LogP contribution in [0, 0.1) is 0 Å². The second-order valence-electron chi connectivity index (χ2n) is 8.06. The van der Waals surface area contributed by atoms with Gasteiger partial charge in [-0.15, -0.1) is 0 Å². The maximum atomic E-state index is 12.2. The normalized spacial score (nSPS) is 32.7. The molecule has 28 heavy (non-hydrogen) atoms. The molecule has 0 amide bonds. The molecule has 2 aliphatic rings. The molecule has 2 rings (SSSR count). The van der Waals surface area contributed by atoms with Gasteiger partial charge in [0, 0.05) is 6.42 Å². The van der Waals surface area contributed by atoms with Crippen molar-refractivity contribution in [1.29, 1.82) is 0 Å². The summed E-state index contributed by atoms with van der Waals surface area (Å²) in [5.41, 5.74) is 0. The average Bonchev–Trinajstić information content (AvgIpc) is 3.24. The van der Waals surface area contributed by atoms with Crippen molar-refractivity contribution in [2.45, 2.75) is 108 Å². The van der Waals surface area contributed by atoms with Gasteiger partial charge in [-0.1, -0.05) is 58.3 Å². The lowest BCUT2D eigenvalue weighted by atomic mass is 10.0. The fourth-order valence-corrected chi connectivity index (χ4v) is 3.89. The molecule has 0 aliphatic carbocycles. The maximum absolute atomic E-state index is 12.2. The minimum absolute atomic E-state index is 0.0174. The largest absolute Gasteiger partial charge is 0.456 e. The molecule has 0 aromatic rings. The van der Waals surface area contributed by atoms with Crippen LogP contribution < -0.4 is 0 Å². The summed E-state index contributed by atoms with van der Waals surface area (Å²) in [4.78, 5) is 12.2. The number of hydrogen-bond donors (Lipinski definition) is 2. The second kappa shape index (κ2) is 12.1. The van der Waals surface area contributed by atoms with E-state index in [9.17, 15) is 15.0 Å². The van der Waals surface area contributed by atoms with Gasteiger partial charge in [0.25, 0.3) is 0 Å². The zero-order valence-electron chi connectivity index (χ0n) is 17.4. The zero-order valence-corrected chi connectivity index (χ0v) is 17.4. The molecule has 2 saturated heterocycles. The Kier molecular flexibility index (Phi) is 10.2. The lowest BCUT2D eigenvalue weighted by Gasteiger charge is -2.34. The van der Waals surface area contributed by atoms with E-state index in [1.54, 1.807) is 0 Å². The van der Waals surface area contributed by atoms with Crippen LogP contribution in [0.2, 0.25) is 0 Å². The lowest BCUT2D eigenvalue weighted by molar-refractivity contribution is -0.262. The number of unbranched alkanes of at least 4 members (excludes halogenated alkanes) is 8. The van der Waals surface area contributed by atoms with Crippen molar-refractivity contribution >= 4 is 5.97 Å².